The molecule has 0 aliphatic carbocycles. The van der Waals surface area contributed by atoms with Gasteiger partial charge in [-0.3, -0.25) is 5.01 Å². The van der Waals surface area contributed by atoms with Crippen LogP contribution in [0.2, 0.25) is 0 Å². The lowest BCUT2D eigenvalue weighted by Gasteiger charge is -2.09. The fraction of sp³-hybridized carbons (Fsp3) is 0.231. The molecule has 90 valence electrons. The molecular formula is C13H15FN2O. The van der Waals surface area contributed by atoms with Crippen LogP contribution in [0, 0.1) is 5.82 Å². The van der Waals surface area contributed by atoms with Gasteiger partial charge in [0.15, 0.2) is 0 Å². The van der Waals surface area contributed by atoms with Crippen LogP contribution in [0.4, 0.5) is 4.39 Å². The van der Waals surface area contributed by atoms with Crippen LogP contribution in [-0.4, -0.2) is 19.1 Å². The number of nitrogens with one attached hydrogen (secondary N) is 1. The van der Waals surface area contributed by atoms with Crippen molar-refractivity contribution in [3.8, 4) is 11.3 Å². The van der Waals surface area contributed by atoms with Crippen LogP contribution in [0.3, 0.4) is 0 Å². The molecule has 0 aliphatic rings. The Hall–Kier alpha value is -1.65. The van der Waals surface area contributed by atoms with E-state index in [9.17, 15) is 4.39 Å². The smallest absolute Gasteiger partial charge is 0.134 e. The van der Waals surface area contributed by atoms with Crippen LogP contribution >= 0.6 is 0 Å². The minimum atomic E-state index is -0.241. The van der Waals surface area contributed by atoms with Crippen LogP contribution in [0.25, 0.3) is 11.3 Å². The van der Waals surface area contributed by atoms with Crippen molar-refractivity contribution in [2.45, 2.75) is 6.54 Å². The summed E-state index contributed by atoms with van der Waals surface area (Å²) in [5.74, 6) is 1.35. The normalized spacial score (nSPS) is 11.1. The van der Waals surface area contributed by atoms with Gasteiger partial charge in [0, 0.05) is 19.7 Å². The van der Waals surface area contributed by atoms with Gasteiger partial charge in [-0.05, 0) is 36.4 Å². The second kappa shape index (κ2) is 5.12. The first-order valence-corrected chi connectivity index (χ1v) is 5.40. The standard InChI is InChI=1S/C13H15FN2O/c1-16(2)15-9-12-7-8-13(17-12)10-3-5-11(14)6-4-10/h3-8,15H,9H2,1-2H3. The summed E-state index contributed by atoms with van der Waals surface area (Å²) in [5, 5.41) is 1.86. The number of hydrazine groups is 1. The molecule has 0 radical (unpaired) electrons. The van der Waals surface area contributed by atoms with E-state index >= 15 is 0 Å². The summed E-state index contributed by atoms with van der Waals surface area (Å²) in [6.45, 7) is 0.633. The monoisotopic (exact) mass is 234 g/mol. The van der Waals surface area contributed by atoms with Crippen molar-refractivity contribution in [3.63, 3.8) is 0 Å². The fourth-order valence-electron chi connectivity index (χ4n) is 1.48. The van der Waals surface area contributed by atoms with Crippen LogP contribution in [0.15, 0.2) is 40.8 Å². The number of benzene rings is 1. The SMILES string of the molecule is CN(C)NCc1ccc(-c2ccc(F)cc2)o1. The Balaban J connectivity index is 2.10. The molecule has 2 aromatic rings. The van der Waals surface area contributed by atoms with Crippen molar-refractivity contribution < 1.29 is 8.81 Å². The number of nitrogens with zero attached hydrogens (tertiary/aromatic N) is 1. The molecule has 0 spiro atoms. The fourth-order valence-corrected chi connectivity index (χ4v) is 1.48. The Bertz CT molecular complexity index is 476. The summed E-state index contributed by atoms with van der Waals surface area (Å²) in [6.07, 6.45) is 0. The van der Waals surface area contributed by atoms with Crippen LogP contribution in [-0.2, 0) is 6.54 Å². The molecule has 3 nitrogen and oxygen atoms in total. The van der Waals surface area contributed by atoms with Crippen molar-refractivity contribution in [2.24, 2.45) is 0 Å². The first-order chi connectivity index (χ1) is 8.15. The Labute approximate surface area is 99.8 Å². The third-order valence-electron chi connectivity index (χ3n) is 2.36. The van der Waals surface area contributed by atoms with Crippen molar-refractivity contribution in [1.29, 1.82) is 0 Å². The van der Waals surface area contributed by atoms with Gasteiger partial charge < -0.3 is 4.42 Å². The lowest BCUT2D eigenvalue weighted by atomic mass is 10.2. The predicted molar refractivity (Wildman–Crippen MR) is 64.6 cm³/mol. The van der Waals surface area contributed by atoms with Gasteiger partial charge >= 0.3 is 0 Å². The maximum atomic E-state index is 12.8. The second-order valence-electron chi connectivity index (χ2n) is 4.00. The molecule has 17 heavy (non-hydrogen) atoms. The largest absolute Gasteiger partial charge is 0.460 e. The Kier molecular flexibility index (Phi) is 3.56. The molecule has 0 bridgehead atoms. The zero-order valence-electron chi connectivity index (χ0n) is 9.90. The molecule has 0 saturated carbocycles. The van der Waals surface area contributed by atoms with Crippen LogP contribution in [0.1, 0.15) is 5.76 Å². The van der Waals surface area contributed by atoms with Crippen LogP contribution < -0.4 is 5.43 Å². The summed E-state index contributed by atoms with van der Waals surface area (Å²) >= 11 is 0. The number of hydrogen-bond donors (Lipinski definition) is 1. The van der Waals surface area contributed by atoms with Gasteiger partial charge in [-0.15, -0.1) is 0 Å². The van der Waals surface area contributed by atoms with E-state index in [1.165, 1.54) is 12.1 Å². The first kappa shape index (κ1) is 11.8. The summed E-state index contributed by atoms with van der Waals surface area (Å²) < 4.78 is 18.4. The topological polar surface area (TPSA) is 28.4 Å². The van der Waals surface area contributed by atoms with Gasteiger partial charge in [0.1, 0.15) is 17.3 Å². The highest BCUT2D eigenvalue weighted by atomic mass is 19.1. The zero-order valence-corrected chi connectivity index (χ0v) is 9.90. The molecule has 0 atom stereocenters. The van der Waals surface area contributed by atoms with E-state index in [0.717, 1.165) is 17.1 Å². The van der Waals surface area contributed by atoms with E-state index in [1.807, 2.05) is 31.2 Å². The summed E-state index contributed by atoms with van der Waals surface area (Å²) in [7, 11) is 3.84. The molecule has 1 N–H and O–H groups in total. The highest BCUT2D eigenvalue weighted by Gasteiger charge is 2.04. The summed E-state index contributed by atoms with van der Waals surface area (Å²) in [4.78, 5) is 0. The Morgan fingerprint density at radius 3 is 2.47 bits per heavy atom. The maximum Gasteiger partial charge on any atom is 0.134 e. The summed E-state index contributed by atoms with van der Waals surface area (Å²) in [6, 6.07) is 10.1. The maximum absolute atomic E-state index is 12.8. The molecule has 0 aliphatic heterocycles. The molecule has 0 unspecified atom stereocenters. The molecular weight excluding hydrogens is 219 g/mol. The Morgan fingerprint density at radius 1 is 1.12 bits per heavy atom. The molecule has 0 amide bonds. The van der Waals surface area contributed by atoms with Gasteiger partial charge in [-0.1, -0.05) is 0 Å². The Morgan fingerprint density at radius 2 is 1.82 bits per heavy atom. The minimum absolute atomic E-state index is 0.241. The van der Waals surface area contributed by atoms with Gasteiger partial charge in [0.25, 0.3) is 0 Å². The molecule has 1 heterocycles. The van der Waals surface area contributed by atoms with E-state index in [2.05, 4.69) is 5.43 Å². The first-order valence-electron chi connectivity index (χ1n) is 5.40. The molecule has 0 fully saturated rings. The highest BCUT2D eigenvalue weighted by Crippen LogP contribution is 2.22. The average Bonchev–Trinajstić information content (AvgIpc) is 2.76. The minimum Gasteiger partial charge on any atom is -0.460 e. The van der Waals surface area contributed by atoms with Gasteiger partial charge in [0.05, 0.1) is 6.54 Å². The summed E-state index contributed by atoms with van der Waals surface area (Å²) in [5.41, 5.74) is 3.99. The third kappa shape index (κ3) is 3.15. The number of furan rings is 1. The van der Waals surface area contributed by atoms with Crippen molar-refractivity contribution in [1.82, 2.24) is 10.4 Å². The lowest BCUT2D eigenvalue weighted by molar-refractivity contribution is 0.272. The second-order valence-corrected chi connectivity index (χ2v) is 4.00. The molecule has 1 aromatic carbocycles. The van der Waals surface area contributed by atoms with Crippen molar-refractivity contribution >= 4 is 0 Å². The molecule has 1 aromatic heterocycles. The van der Waals surface area contributed by atoms with Crippen LogP contribution in [0.5, 0.6) is 0 Å². The highest BCUT2D eigenvalue weighted by molar-refractivity contribution is 5.57. The zero-order chi connectivity index (χ0) is 12.3. The average molecular weight is 234 g/mol. The van der Waals surface area contributed by atoms with E-state index in [-0.39, 0.29) is 5.82 Å². The van der Waals surface area contributed by atoms with Crippen molar-refractivity contribution in [3.05, 3.63) is 48.0 Å². The molecule has 2 rings (SSSR count). The van der Waals surface area contributed by atoms with E-state index in [0.29, 0.717) is 6.54 Å². The number of halogens is 1. The van der Waals surface area contributed by atoms with E-state index < -0.39 is 0 Å². The van der Waals surface area contributed by atoms with Gasteiger partial charge in [-0.2, -0.15) is 0 Å². The number of hydrogen-bond acceptors (Lipinski definition) is 3. The quantitative estimate of drug-likeness (QED) is 0.824. The molecule has 0 saturated heterocycles. The van der Waals surface area contributed by atoms with Crippen molar-refractivity contribution in [2.75, 3.05) is 14.1 Å². The third-order valence-corrected chi connectivity index (χ3v) is 2.36. The van der Waals surface area contributed by atoms with E-state index in [4.69, 9.17) is 4.42 Å². The predicted octanol–water partition coefficient (Wildman–Crippen LogP) is 2.65. The van der Waals surface area contributed by atoms with E-state index in [1.54, 1.807) is 12.1 Å². The lowest BCUT2D eigenvalue weighted by Crippen LogP contribution is -2.29. The van der Waals surface area contributed by atoms with Gasteiger partial charge in [0.2, 0.25) is 0 Å². The van der Waals surface area contributed by atoms with Gasteiger partial charge in [-0.25, -0.2) is 9.82 Å². The molecule has 4 heteroatoms. The number of rotatable bonds is 4.